The molecule has 128 valence electrons. The van der Waals surface area contributed by atoms with Crippen molar-refractivity contribution < 1.29 is 14.3 Å². The van der Waals surface area contributed by atoms with Crippen molar-refractivity contribution in [2.45, 2.75) is 26.9 Å². The van der Waals surface area contributed by atoms with E-state index in [0.29, 0.717) is 5.90 Å². The van der Waals surface area contributed by atoms with Crippen molar-refractivity contribution in [2.24, 2.45) is 4.99 Å². The zero-order valence-electron chi connectivity index (χ0n) is 14.2. The molecule has 3 rings (SSSR count). The number of carbonyl (C=O) groups is 1. The molecule has 0 aromatic heterocycles. The summed E-state index contributed by atoms with van der Waals surface area (Å²) < 4.78 is 12.0. The minimum atomic E-state index is -0.453. The molecule has 0 N–H and O–H groups in total. The summed E-state index contributed by atoms with van der Waals surface area (Å²) in [4.78, 5) is 16.5. The van der Waals surface area contributed by atoms with Gasteiger partial charge in [0.15, 0.2) is 5.70 Å². The Hall–Kier alpha value is -2.40. The molecule has 0 atom stereocenters. The van der Waals surface area contributed by atoms with E-state index in [2.05, 4.69) is 20.9 Å². The van der Waals surface area contributed by atoms with Gasteiger partial charge in [0.25, 0.3) is 0 Å². The second-order valence-electron chi connectivity index (χ2n) is 6.04. The van der Waals surface area contributed by atoms with Crippen LogP contribution in [0.15, 0.2) is 57.6 Å². The third kappa shape index (κ3) is 4.17. The second-order valence-corrected chi connectivity index (χ2v) is 6.89. The monoisotopic (exact) mass is 399 g/mol. The van der Waals surface area contributed by atoms with Crippen LogP contribution in [0.5, 0.6) is 5.75 Å². The Morgan fingerprint density at radius 3 is 2.72 bits per heavy atom. The van der Waals surface area contributed by atoms with E-state index in [1.54, 1.807) is 6.08 Å². The lowest BCUT2D eigenvalue weighted by Gasteiger charge is -2.09. The fraction of sp³-hybridized carbons (Fsp3) is 0.200. The highest BCUT2D eigenvalue weighted by molar-refractivity contribution is 9.10. The van der Waals surface area contributed by atoms with Crippen LogP contribution in [-0.2, 0) is 9.53 Å². The lowest BCUT2D eigenvalue weighted by atomic mass is 10.1. The van der Waals surface area contributed by atoms with Gasteiger partial charge in [0.1, 0.15) is 5.75 Å². The van der Waals surface area contributed by atoms with E-state index in [4.69, 9.17) is 9.47 Å². The number of aryl methyl sites for hydroxylation is 1. The van der Waals surface area contributed by atoms with Crippen LogP contribution < -0.4 is 4.74 Å². The van der Waals surface area contributed by atoms with E-state index in [1.165, 1.54) is 0 Å². The molecule has 0 bridgehead atoms. The fourth-order valence-electron chi connectivity index (χ4n) is 2.42. The number of carbonyl (C=O) groups excluding carboxylic acids is 1. The maximum Gasteiger partial charge on any atom is 0.363 e. The highest BCUT2D eigenvalue weighted by Gasteiger charge is 2.24. The van der Waals surface area contributed by atoms with Crippen molar-refractivity contribution in [1.29, 1.82) is 0 Å². The van der Waals surface area contributed by atoms with Crippen LogP contribution in [0.4, 0.5) is 0 Å². The van der Waals surface area contributed by atoms with Crippen LogP contribution in [0.25, 0.3) is 6.08 Å². The quantitative estimate of drug-likeness (QED) is 0.543. The summed E-state index contributed by atoms with van der Waals surface area (Å²) in [6.45, 7) is 5.91. The topological polar surface area (TPSA) is 47.9 Å². The van der Waals surface area contributed by atoms with Crippen LogP contribution in [0, 0.1) is 6.92 Å². The molecule has 0 unspecified atom stereocenters. The SMILES string of the molecule is Cc1cc(C2=NC(=Cc3cccc(OC(C)C)c3)C(=O)O2)ccc1Br. The van der Waals surface area contributed by atoms with Gasteiger partial charge in [-0.2, -0.15) is 0 Å². The molecule has 0 radical (unpaired) electrons. The first-order chi connectivity index (χ1) is 11.9. The number of aliphatic imine (C=N–C) groups is 1. The van der Waals surface area contributed by atoms with Crippen molar-refractivity contribution in [3.8, 4) is 5.75 Å². The normalized spacial score (nSPS) is 15.5. The predicted octanol–water partition coefficient (Wildman–Crippen LogP) is 4.89. The standard InChI is InChI=1S/C20H18BrNO3/c1-12(2)24-16-6-4-5-14(10-16)11-18-20(23)25-19(22-18)15-7-8-17(21)13(3)9-15/h4-12H,1-3H3. The molecule has 0 fully saturated rings. The highest BCUT2D eigenvalue weighted by Crippen LogP contribution is 2.24. The van der Waals surface area contributed by atoms with Crippen molar-refractivity contribution >= 4 is 33.9 Å². The van der Waals surface area contributed by atoms with E-state index in [9.17, 15) is 4.79 Å². The fourth-order valence-corrected chi connectivity index (χ4v) is 2.66. The third-order valence-electron chi connectivity index (χ3n) is 3.56. The molecule has 2 aromatic rings. The Morgan fingerprint density at radius 1 is 1.20 bits per heavy atom. The molecule has 0 aliphatic carbocycles. The van der Waals surface area contributed by atoms with Gasteiger partial charge in [0.2, 0.25) is 5.90 Å². The zero-order chi connectivity index (χ0) is 18.0. The average molecular weight is 400 g/mol. The molecule has 5 heteroatoms. The number of nitrogens with zero attached hydrogens (tertiary/aromatic N) is 1. The van der Waals surface area contributed by atoms with Gasteiger partial charge >= 0.3 is 5.97 Å². The van der Waals surface area contributed by atoms with Gasteiger partial charge in [0, 0.05) is 10.0 Å². The number of benzene rings is 2. The van der Waals surface area contributed by atoms with Crippen molar-refractivity contribution in [2.75, 3.05) is 0 Å². The summed E-state index contributed by atoms with van der Waals surface area (Å²) in [5, 5.41) is 0. The highest BCUT2D eigenvalue weighted by atomic mass is 79.9. The Balaban J connectivity index is 1.89. The van der Waals surface area contributed by atoms with Crippen LogP contribution in [-0.4, -0.2) is 18.0 Å². The molecule has 0 saturated carbocycles. The number of cyclic esters (lactones) is 1. The van der Waals surface area contributed by atoms with Gasteiger partial charge in [-0.3, -0.25) is 0 Å². The van der Waals surface area contributed by atoms with Crippen molar-refractivity contribution in [1.82, 2.24) is 0 Å². The summed E-state index contributed by atoms with van der Waals surface area (Å²) in [7, 11) is 0. The van der Waals surface area contributed by atoms with Crippen LogP contribution >= 0.6 is 15.9 Å². The van der Waals surface area contributed by atoms with Crippen molar-refractivity contribution in [3.63, 3.8) is 0 Å². The van der Waals surface area contributed by atoms with Crippen LogP contribution in [0.3, 0.4) is 0 Å². The largest absolute Gasteiger partial charge is 0.491 e. The molecule has 25 heavy (non-hydrogen) atoms. The van der Waals surface area contributed by atoms with Crippen LogP contribution in [0.2, 0.25) is 0 Å². The Morgan fingerprint density at radius 2 is 2.00 bits per heavy atom. The molecule has 1 aliphatic rings. The summed E-state index contributed by atoms with van der Waals surface area (Å²) in [5.74, 6) is 0.621. The van der Waals surface area contributed by atoms with E-state index in [-0.39, 0.29) is 11.8 Å². The predicted molar refractivity (Wildman–Crippen MR) is 102 cm³/mol. The molecular weight excluding hydrogens is 382 g/mol. The third-order valence-corrected chi connectivity index (χ3v) is 4.45. The number of ether oxygens (including phenoxy) is 2. The Bertz CT molecular complexity index is 884. The summed E-state index contributed by atoms with van der Waals surface area (Å²) in [6, 6.07) is 13.2. The van der Waals surface area contributed by atoms with Gasteiger partial charge in [0.05, 0.1) is 6.10 Å². The van der Waals surface area contributed by atoms with Gasteiger partial charge < -0.3 is 9.47 Å². The lowest BCUT2D eigenvalue weighted by molar-refractivity contribution is -0.129. The van der Waals surface area contributed by atoms with Gasteiger partial charge in [-0.15, -0.1) is 0 Å². The maximum absolute atomic E-state index is 12.1. The minimum Gasteiger partial charge on any atom is -0.491 e. The minimum absolute atomic E-state index is 0.0876. The molecule has 0 saturated heterocycles. The number of hydrogen-bond acceptors (Lipinski definition) is 4. The molecule has 4 nitrogen and oxygen atoms in total. The van der Waals surface area contributed by atoms with Gasteiger partial charge in [-0.25, -0.2) is 9.79 Å². The lowest BCUT2D eigenvalue weighted by Crippen LogP contribution is -2.06. The summed E-state index contributed by atoms with van der Waals surface area (Å²) in [5.41, 5.74) is 2.93. The first kappa shape index (κ1) is 17.4. The Kier molecular flexibility index (Phi) is 5.04. The first-order valence-corrected chi connectivity index (χ1v) is 8.77. The van der Waals surface area contributed by atoms with E-state index in [0.717, 1.165) is 26.9 Å². The van der Waals surface area contributed by atoms with Gasteiger partial charge in [-0.05, 0) is 68.3 Å². The maximum atomic E-state index is 12.1. The van der Waals surface area contributed by atoms with Gasteiger partial charge in [-0.1, -0.05) is 28.1 Å². The number of halogens is 1. The molecule has 1 aliphatic heterocycles. The molecular formula is C20H18BrNO3. The zero-order valence-corrected chi connectivity index (χ0v) is 15.8. The number of esters is 1. The van der Waals surface area contributed by atoms with E-state index < -0.39 is 5.97 Å². The molecule has 2 aromatic carbocycles. The Labute approximate surface area is 155 Å². The number of rotatable bonds is 4. The first-order valence-electron chi connectivity index (χ1n) is 7.98. The van der Waals surface area contributed by atoms with Crippen molar-refractivity contribution in [3.05, 3.63) is 69.3 Å². The molecule has 1 heterocycles. The van der Waals surface area contributed by atoms with Crippen LogP contribution in [0.1, 0.15) is 30.5 Å². The molecule has 0 spiro atoms. The second kappa shape index (κ2) is 7.23. The average Bonchev–Trinajstić information content (AvgIpc) is 2.91. The summed E-state index contributed by atoms with van der Waals surface area (Å²) in [6.07, 6.45) is 1.79. The smallest absolute Gasteiger partial charge is 0.363 e. The molecule has 0 amide bonds. The van der Waals surface area contributed by atoms with E-state index in [1.807, 2.05) is 63.2 Å². The summed E-state index contributed by atoms with van der Waals surface area (Å²) >= 11 is 3.46. The number of hydrogen-bond donors (Lipinski definition) is 0. The van der Waals surface area contributed by atoms with E-state index >= 15 is 0 Å².